The molecule has 0 spiro atoms. The van der Waals surface area contributed by atoms with Crippen LogP contribution in [0.2, 0.25) is 0 Å². The molecule has 0 aliphatic rings. The molecule has 0 aliphatic carbocycles. The maximum atomic E-state index is 12.8. The van der Waals surface area contributed by atoms with E-state index in [1.165, 1.54) is 6.21 Å². The van der Waals surface area contributed by atoms with E-state index in [2.05, 4.69) is 15.8 Å². The maximum Gasteiger partial charge on any atom is 0.287 e. The zero-order valence-corrected chi connectivity index (χ0v) is 18.8. The Morgan fingerprint density at radius 1 is 0.879 bits per heavy atom. The van der Waals surface area contributed by atoms with Crippen molar-refractivity contribution in [2.24, 2.45) is 5.10 Å². The van der Waals surface area contributed by atoms with Crippen molar-refractivity contribution in [1.82, 2.24) is 10.7 Å². The summed E-state index contributed by atoms with van der Waals surface area (Å²) in [5, 5.41) is 6.70. The lowest BCUT2D eigenvalue weighted by Gasteiger charge is -2.12. The highest BCUT2D eigenvalue weighted by Crippen LogP contribution is 2.15. The van der Waals surface area contributed by atoms with E-state index in [4.69, 9.17) is 4.74 Å². The first-order valence-corrected chi connectivity index (χ1v) is 10.3. The number of amides is 2. The van der Waals surface area contributed by atoms with Crippen LogP contribution in [0.1, 0.15) is 21.5 Å². The van der Waals surface area contributed by atoms with Crippen LogP contribution in [0.4, 0.5) is 5.69 Å². The Morgan fingerprint density at radius 3 is 2.12 bits per heavy atom. The quantitative estimate of drug-likeness (QED) is 0.317. The molecule has 0 heterocycles. The fourth-order valence-corrected chi connectivity index (χ4v) is 2.89. The largest absolute Gasteiger partial charge is 0.497 e. The Labute approximate surface area is 193 Å². The molecule has 0 fully saturated rings. The van der Waals surface area contributed by atoms with Gasteiger partial charge in [0.25, 0.3) is 11.8 Å². The van der Waals surface area contributed by atoms with Gasteiger partial charge in [-0.1, -0.05) is 30.3 Å². The van der Waals surface area contributed by atoms with E-state index in [1.807, 2.05) is 61.5 Å². The highest BCUT2D eigenvalue weighted by Gasteiger charge is 2.14. The van der Waals surface area contributed by atoms with Crippen LogP contribution in [0.15, 0.2) is 89.7 Å². The van der Waals surface area contributed by atoms with E-state index in [0.717, 1.165) is 22.6 Å². The number of nitrogens with zero attached hydrogens (tertiary/aromatic N) is 2. The van der Waals surface area contributed by atoms with Crippen molar-refractivity contribution >= 4 is 29.8 Å². The van der Waals surface area contributed by atoms with E-state index in [0.29, 0.717) is 5.56 Å². The number of anilines is 1. The molecule has 2 amide bonds. The van der Waals surface area contributed by atoms with Crippen LogP contribution in [0.25, 0.3) is 6.08 Å². The van der Waals surface area contributed by atoms with Gasteiger partial charge < -0.3 is 15.0 Å². The molecule has 3 aromatic carbocycles. The summed E-state index contributed by atoms with van der Waals surface area (Å²) in [4.78, 5) is 27.5. The highest BCUT2D eigenvalue weighted by molar-refractivity contribution is 6.05. The fraction of sp³-hybridized carbons (Fsp3) is 0.115. The molecule has 0 saturated carbocycles. The summed E-state index contributed by atoms with van der Waals surface area (Å²) < 4.78 is 5.13. The molecular formula is C26H26N4O3. The minimum Gasteiger partial charge on any atom is -0.497 e. The lowest BCUT2D eigenvalue weighted by Crippen LogP contribution is -2.32. The average molecular weight is 443 g/mol. The first-order valence-electron chi connectivity index (χ1n) is 10.3. The number of rotatable bonds is 8. The molecule has 0 atom stereocenters. The van der Waals surface area contributed by atoms with Gasteiger partial charge in [-0.2, -0.15) is 5.10 Å². The normalized spacial score (nSPS) is 11.2. The Morgan fingerprint density at radius 2 is 1.52 bits per heavy atom. The van der Waals surface area contributed by atoms with Gasteiger partial charge >= 0.3 is 0 Å². The molecule has 7 nitrogen and oxygen atoms in total. The molecule has 0 aromatic heterocycles. The lowest BCUT2D eigenvalue weighted by molar-refractivity contribution is -0.117. The molecule has 0 saturated heterocycles. The molecule has 33 heavy (non-hydrogen) atoms. The Hall–Kier alpha value is -4.39. The molecule has 3 rings (SSSR count). The summed E-state index contributed by atoms with van der Waals surface area (Å²) in [5.41, 5.74) is 5.57. The average Bonchev–Trinajstić information content (AvgIpc) is 2.84. The number of hydrogen-bond acceptors (Lipinski definition) is 5. The first kappa shape index (κ1) is 23.3. The van der Waals surface area contributed by atoms with E-state index < -0.39 is 5.91 Å². The van der Waals surface area contributed by atoms with Crippen molar-refractivity contribution in [3.05, 3.63) is 101 Å². The summed E-state index contributed by atoms with van der Waals surface area (Å²) in [6.45, 7) is 0. The monoisotopic (exact) mass is 442 g/mol. The van der Waals surface area contributed by atoms with E-state index in [1.54, 1.807) is 49.6 Å². The fourth-order valence-electron chi connectivity index (χ4n) is 2.89. The SMILES string of the molecule is COc1ccc(C=NNC(=O)C(=Cc2ccc(N(C)C)cc2)NC(=O)c2ccccc2)cc1. The second-order valence-electron chi connectivity index (χ2n) is 7.34. The molecule has 0 radical (unpaired) electrons. The summed E-state index contributed by atoms with van der Waals surface area (Å²) >= 11 is 0. The van der Waals surface area contributed by atoms with Crippen LogP contribution in [-0.4, -0.2) is 39.2 Å². The van der Waals surface area contributed by atoms with Gasteiger partial charge in [0.05, 0.1) is 13.3 Å². The van der Waals surface area contributed by atoms with Gasteiger partial charge in [0, 0.05) is 25.3 Å². The van der Waals surface area contributed by atoms with Crippen molar-refractivity contribution in [2.45, 2.75) is 0 Å². The topological polar surface area (TPSA) is 83.0 Å². The number of benzene rings is 3. The summed E-state index contributed by atoms with van der Waals surface area (Å²) in [5.74, 6) is -0.202. The zero-order chi connectivity index (χ0) is 23.6. The second kappa shape index (κ2) is 11.3. The third-order valence-electron chi connectivity index (χ3n) is 4.74. The van der Waals surface area contributed by atoms with Crippen molar-refractivity contribution in [2.75, 3.05) is 26.1 Å². The summed E-state index contributed by atoms with van der Waals surface area (Å²) in [6.07, 6.45) is 3.12. The summed E-state index contributed by atoms with van der Waals surface area (Å²) in [6, 6.07) is 23.5. The number of hydrazone groups is 1. The van der Waals surface area contributed by atoms with Gasteiger partial charge in [0.1, 0.15) is 11.4 Å². The maximum absolute atomic E-state index is 12.8. The van der Waals surface area contributed by atoms with Crippen LogP contribution in [0.3, 0.4) is 0 Å². The van der Waals surface area contributed by atoms with Crippen molar-refractivity contribution in [3.63, 3.8) is 0 Å². The Balaban J connectivity index is 1.79. The van der Waals surface area contributed by atoms with Gasteiger partial charge in [0.2, 0.25) is 0 Å². The number of carbonyl (C=O) groups excluding carboxylic acids is 2. The molecule has 2 N–H and O–H groups in total. The molecule has 0 bridgehead atoms. The Bertz CT molecular complexity index is 1140. The summed E-state index contributed by atoms with van der Waals surface area (Å²) in [7, 11) is 5.49. The number of hydrogen-bond donors (Lipinski definition) is 2. The van der Waals surface area contributed by atoms with Gasteiger partial charge in [-0.05, 0) is 65.7 Å². The van der Waals surface area contributed by atoms with Crippen LogP contribution < -0.4 is 20.4 Å². The lowest BCUT2D eigenvalue weighted by atomic mass is 10.1. The van der Waals surface area contributed by atoms with Crippen molar-refractivity contribution < 1.29 is 14.3 Å². The minimum absolute atomic E-state index is 0.0772. The van der Waals surface area contributed by atoms with Gasteiger partial charge in [-0.15, -0.1) is 0 Å². The van der Waals surface area contributed by atoms with E-state index >= 15 is 0 Å². The molecule has 168 valence electrons. The number of nitrogens with one attached hydrogen (secondary N) is 2. The van der Waals surface area contributed by atoms with Crippen molar-refractivity contribution in [3.8, 4) is 5.75 Å². The molecule has 0 unspecified atom stereocenters. The van der Waals surface area contributed by atoms with Crippen LogP contribution in [0, 0.1) is 0 Å². The van der Waals surface area contributed by atoms with Crippen LogP contribution in [-0.2, 0) is 4.79 Å². The van der Waals surface area contributed by atoms with Gasteiger partial charge in [-0.3, -0.25) is 9.59 Å². The molecule has 3 aromatic rings. The van der Waals surface area contributed by atoms with Crippen LogP contribution >= 0.6 is 0 Å². The first-order chi connectivity index (χ1) is 16.0. The number of ether oxygens (including phenoxy) is 1. The minimum atomic E-state index is -0.541. The highest BCUT2D eigenvalue weighted by atomic mass is 16.5. The second-order valence-corrected chi connectivity index (χ2v) is 7.34. The Kier molecular flexibility index (Phi) is 7.96. The third-order valence-corrected chi connectivity index (χ3v) is 4.74. The predicted molar refractivity (Wildman–Crippen MR) is 131 cm³/mol. The molecule has 7 heteroatoms. The van der Waals surface area contributed by atoms with Crippen LogP contribution in [0.5, 0.6) is 5.75 Å². The third kappa shape index (κ3) is 6.80. The van der Waals surface area contributed by atoms with Crippen molar-refractivity contribution in [1.29, 1.82) is 0 Å². The van der Waals surface area contributed by atoms with E-state index in [9.17, 15) is 9.59 Å². The number of carbonyl (C=O) groups is 2. The van der Waals surface area contributed by atoms with Gasteiger partial charge in [-0.25, -0.2) is 5.43 Å². The predicted octanol–water partition coefficient (Wildman–Crippen LogP) is 3.68. The smallest absolute Gasteiger partial charge is 0.287 e. The zero-order valence-electron chi connectivity index (χ0n) is 18.8. The number of methoxy groups -OCH3 is 1. The van der Waals surface area contributed by atoms with Gasteiger partial charge in [0.15, 0.2) is 0 Å². The standard InChI is InChI=1S/C26H26N4O3/c1-30(2)22-13-9-19(10-14-22)17-24(28-25(31)21-7-5-4-6-8-21)26(32)29-27-18-20-11-15-23(33-3)16-12-20/h4-18H,1-3H3,(H,28,31)(H,29,32). The molecular weight excluding hydrogens is 416 g/mol. The van der Waals surface area contributed by atoms with E-state index in [-0.39, 0.29) is 11.6 Å². The molecule has 0 aliphatic heterocycles.